The highest BCUT2D eigenvalue weighted by molar-refractivity contribution is 5.99. The van der Waals surface area contributed by atoms with Gasteiger partial charge in [-0.1, -0.05) is 92.4 Å². The Hall–Kier alpha value is -8.54. The van der Waals surface area contributed by atoms with Crippen LogP contribution in [0.3, 0.4) is 0 Å². The molecule has 1 rings (SSSR count). The van der Waals surface area contributed by atoms with Crippen molar-refractivity contribution >= 4 is 83.3 Å². The minimum atomic E-state index is -2.00. The highest BCUT2D eigenvalue weighted by Gasteiger charge is 2.37. The molecule has 18 N–H and O–H groups in total. The number of unbranched alkanes of at least 4 members (excludes halogenated alkanes) is 2. The summed E-state index contributed by atoms with van der Waals surface area (Å²) in [5, 5.41) is 77.9. The number of hydrogen-bond donors (Lipinski definition) is 16. The molecule has 0 bridgehead atoms. The van der Waals surface area contributed by atoms with E-state index in [9.17, 15) is 83.1 Å². The summed E-state index contributed by atoms with van der Waals surface area (Å²) < 4.78 is 0. The third-order valence-electron chi connectivity index (χ3n) is 13.8. The quantitative estimate of drug-likeness (QED) is 0.0237. The number of rotatable bonds is 43. The zero-order valence-corrected chi connectivity index (χ0v) is 52.0. The summed E-state index contributed by atoms with van der Waals surface area (Å²) in [6, 6.07) is -8.05. The van der Waals surface area contributed by atoms with Crippen molar-refractivity contribution in [2.75, 3.05) is 6.54 Å². The van der Waals surface area contributed by atoms with E-state index < -0.39 is 163 Å². The lowest BCUT2D eigenvalue weighted by Crippen LogP contribution is -2.61. The van der Waals surface area contributed by atoms with Crippen molar-refractivity contribution in [3.8, 4) is 5.75 Å². The molecule has 0 aromatic heterocycles. The number of nitrogens with one attached hydrogen (secondary N) is 8. The van der Waals surface area contributed by atoms with Gasteiger partial charge in [0.1, 0.15) is 54.1 Å². The molecule has 0 aliphatic carbocycles. The molecule has 89 heavy (non-hydrogen) atoms. The van der Waals surface area contributed by atoms with E-state index in [2.05, 4.69) is 52.5 Å². The Morgan fingerprint density at radius 2 is 1.06 bits per heavy atom. The number of phenolic OH excluding ortho intramolecular Hbond substituents is 1. The SMILES string of the molecule is CCCCCC(O)/C=C/C=N/C(N)=NCCC[C@H](NC(=O)[C@@H](N)CCC(=O)O)C(=O)N[C@@H](CCC(=O)O)C(=O)N[C@@H](CC(=O)O)C(=O)N[C@@H](CC(C)C)C(=O)N[C@H](C(=O)N[C@@H](C)C(=O)N[C@@H](Cc1ccc(O)cc1)C(=O)N[C@@H](CC(C)C)C(=O)O)[C@@H](C)CC. The van der Waals surface area contributed by atoms with Crippen molar-refractivity contribution in [3.63, 3.8) is 0 Å². The van der Waals surface area contributed by atoms with Gasteiger partial charge in [0.05, 0.1) is 18.6 Å². The Kier molecular flexibility index (Phi) is 36.7. The first-order chi connectivity index (χ1) is 41.8. The van der Waals surface area contributed by atoms with Crippen molar-refractivity contribution in [2.45, 2.75) is 212 Å². The van der Waals surface area contributed by atoms with Crippen LogP contribution >= 0.6 is 0 Å². The predicted molar refractivity (Wildman–Crippen MR) is 326 cm³/mol. The minimum Gasteiger partial charge on any atom is -0.508 e. The van der Waals surface area contributed by atoms with Gasteiger partial charge in [0, 0.05) is 32.0 Å². The van der Waals surface area contributed by atoms with Gasteiger partial charge < -0.3 is 84.6 Å². The van der Waals surface area contributed by atoms with Gasteiger partial charge in [-0.05, 0) is 93.4 Å². The van der Waals surface area contributed by atoms with Crippen LogP contribution in [0.15, 0.2) is 46.4 Å². The second-order valence-corrected chi connectivity index (χ2v) is 22.6. The normalized spacial score (nSPS) is 15.4. The number of benzene rings is 1. The summed E-state index contributed by atoms with van der Waals surface area (Å²) in [5.74, 6) is -15.1. The number of aliphatic hydroxyl groups is 1. The molecule has 0 saturated heterocycles. The number of phenols is 1. The number of nitrogens with two attached hydrogens (primary N) is 2. The molecular weight excluding hydrogens is 1160 g/mol. The summed E-state index contributed by atoms with van der Waals surface area (Å²) >= 11 is 0. The maximum atomic E-state index is 14.2. The first kappa shape index (κ1) is 78.5. The fraction of sp³-hybridized carbons (Fsp3) is 0.627. The van der Waals surface area contributed by atoms with E-state index in [1.54, 1.807) is 41.5 Å². The van der Waals surface area contributed by atoms with Crippen molar-refractivity contribution < 1.29 is 88.2 Å². The molecule has 498 valence electrons. The van der Waals surface area contributed by atoms with Crippen molar-refractivity contribution in [1.82, 2.24) is 42.5 Å². The van der Waals surface area contributed by atoms with Gasteiger partial charge in [-0.25, -0.2) is 9.79 Å². The molecule has 30 nitrogen and oxygen atoms in total. The zero-order valence-electron chi connectivity index (χ0n) is 52.0. The van der Waals surface area contributed by atoms with Crippen LogP contribution in [0, 0.1) is 17.8 Å². The van der Waals surface area contributed by atoms with Crippen LogP contribution < -0.4 is 54.0 Å². The number of aromatic hydroxyl groups is 1. The number of carboxylic acids is 4. The number of hydrogen-bond acceptors (Lipinski definition) is 16. The Bertz CT molecular complexity index is 2620. The molecule has 1 unspecified atom stereocenters. The molecule has 0 aliphatic heterocycles. The van der Waals surface area contributed by atoms with Crippen molar-refractivity contribution in [2.24, 2.45) is 39.2 Å². The average molecular weight is 1260 g/mol. The van der Waals surface area contributed by atoms with E-state index in [0.717, 1.165) is 19.3 Å². The summed E-state index contributed by atoms with van der Waals surface area (Å²) in [7, 11) is 0. The van der Waals surface area contributed by atoms with Gasteiger partial charge in [0.25, 0.3) is 0 Å². The van der Waals surface area contributed by atoms with E-state index in [1.807, 2.05) is 6.92 Å². The zero-order chi connectivity index (χ0) is 67.5. The fourth-order valence-corrected chi connectivity index (χ4v) is 8.59. The molecule has 0 fully saturated rings. The Morgan fingerprint density at radius 1 is 0.551 bits per heavy atom. The molecule has 30 heteroatoms. The van der Waals surface area contributed by atoms with E-state index in [1.165, 1.54) is 49.6 Å². The number of aliphatic imine (C=N–C) groups is 2. The lowest BCUT2D eigenvalue weighted by Gasteiger charge is -2.29. The molecule has 0 aliphatic rings. The number of guanidine groups is 1. The molecule has 0 radical (unpaired) electrons. The van der Waals surface area contributed by atoms with E-state index in [-0.39, 0.29) is 75.0 Å². The topological polar surface area (TPSA) is 499 Å². The summed E-state index contributed by atoms with van der Waals surface area (Å²) in [6.07, 6.45) is 3.51. The smallest absolute Gasteiger partial charge is 0.326 e. The molecule has 11 atom stereocenters. The Balaban J connectivity index is 3.49. The third kappa shape index (κ3) is 32.9. The summed E-state index contributed by atoms with van der Waals surface area (Å²) in [6.45, 7) is 13.5. The molecule has 0 spiro atoms. The monoisotopic (exact) mass is 1260 g/mol. The second-order valence-electron chi connectivity index (χ2n) is 22.6. The fourth-order valence-electron chi connectivity index (χ4n) is 8.59. The van der Waals surface area contributed by atoms with Crippen molar-refractivity contribution in [1.29, 1.82) is 0 Å². The summed E-state index contributed by atoms with van der Waals surface area (Å²) in [5.41, 5.74) is 12.3. The number of amides is 8. The van der Waals surface area contributed by atoms with Crippen LogP contribution in [-0.2, 0) is 64.0 Å². The van der Waals surface area contributed by atoms with Crippen LogP contribution in [0.25, 0.3) is 0 Å². The lowest BCUT2D eigenvalue weighted by atomic mass is 9.96. The highest BCUT2D eigenvalue weighted by atomic mass is 16.4. The first-order valence-electron chi connectivity index (χ1n) is 29.8. The van der Waals surface area contributed by atoms with Crippen LogP contribution in [0.2, 0.25) is 0 Å². The van der Waals surface area contributed by atoms with Crippen LogP contribution in [0.5, 0.6) is 5.75 Å². The first-order valence-corrected chi connectivity index (χ1v) is 29.8. The second kappa shape index (κ2) is 41.6. The predicted octanol–water partition coefficient (Wildman–Crippen LogP) is 0.251. The number of aliphatic hydroxyl groups excluding tert-OH is 1. The number of carbonyl (C=O) groups excluding carboxylic acids is 8. The maximum Gasteiger partial charge on any atom is 0.326 e. The molecular formula is C59H94N12O18. The van der Waals surface area contributed by atoms with Crippen molar-refractivity contribution in [3.05, 3.63) is 42.0 Å². The number of carboxylic acid groups (broad SMARTS) is 4. The van der Waals surface area contributed by atoms with Crippen LogP contribution in [-0.4, -0.2) is 181 Å². The summed E-state index contributed by atoms with van der Waals surface area (Å²) in [4.78, 5) is 166. The maximum absolute atomic E-state index is 14.2. The standard InChI is InChI=1S/C59H94N12O18/c1-9-11-12-15-37(72)16-13-26-62-59(61)63-27-14-17-40(65-51(81)39(60)22-24-46(74)75)52(82)66-41(23-25-47(76)77)53(83)69-44(31-48(78)79)55(85)68-42(28-32(3)4)56(86)71-49(34(7)10-2)57(87)64-35(8)50(80)67-43(30-36-18-20-38(73)21-19-36)54(84)70-45(58(88)89)29-33(5)6/h13,16,18-21,26,32-35,37,39-45,49,72-73H,9-12,14-15,17,22-25,27-31,60H2,1-8H3,(H2,61,63)(H,64,87)(H,65,81)(H,66,82)(H,67,80)(H,68,85)(H,69,83)(H,70,84)(H,71,86)(H,74,75)(H,76,77)(H,78,79)(H,88,89)/b16-13+,62-26+/t34-,35-,37?,39-,40-,41-,42-,43-,44-,45-,49-/m0/s1. The Labute approximate surface area is 518 Å². The number of carbonyl (C=O) groups is 12. The third-order valence-corrected chi connectivity index (χ3v) is 13.8. The van der Waals surface area contributed by atoms with Gasteiger partial charge in [0.2, 0.25) is 53.2 Å². The molecule has 1 aromatic rings. The number of nitrogens with zero attached hydrogens (tertiary/aromatic N) is 2. The van der Waals surface area contributed by atoms with Gasteiger partial charge >= 0.3 is 23.9 Å². The molecule has 0 heterocycles. The number of aliphatic carboxylic acids is 4. The average Bonchev–Trinajstić information content (AvgIpc) is 3.34. The van der Waals surface area contributed by atoms with Gasteiger partial charge in [-0.15, -0.1) is 0 Å². The molecule has 1 aromatic carbocycles. The highest BCUT2D eigenvalue weighted by Crippen LogP contribution is 2.16. The molecule has 8 amide bonds. The van der Waals surface area contributed by atoms with E-state index in [4.69, 9.17) is 16.6 Å². The lowest BCUT2D eigenvalue weighted by molar-refractivity contribution is -0.143. The number of allylic oxidation sites excluding steroid dienone is 1. The van der Waals surface area contributed by atoms with Gasteiger partial charge in [-0.3, -0.25) is 57.7 Å². The van der Waals surface area contributed by atoms with E-state index >= 15 is 0 Å². The molecule has 0 saturated carbocycles. The van der Waals surface area contributed by atoms with Crippen LogP contribution in [0.4, 0.5) is 0 Å². The van der Waals surface area contributed by atoms with Gasteiger partial charge in [-0.2, -0.15) is 0 Å². The van der Waals surface area contributed by atoms with Crippen LogP contribution in [0.1, 0.15) is 151 Å². The minimum absolute atomic E-state index is 0.0193. The van der Waals surface area contributed by atoms with E-state index in [0.29, 0.717) is 12.0 Å². The Morgan fingerprint density at radius 3 is 1.62 bits per heavy atom. The largest absolute Gasteiger partial charge is 0.508 e. The van der Waals surface area contributed by atoms with Gasteiger partial charge in [0.15, 0.2) is 0 Å².